The van der Waals surface area contributed by atoms with Gasteiger partial charge in [0.15, 0.2) is 0 Å². The van der Waals surface area contributed by atoms with Gasteiger partial charge in [0.2, 0.25) is 0 Å². The zero-order chi connectivity index (χ0) is 13.7. The van der Waals surface area contributed by atoms with Crippen LogP contribution in [0.4, 0.5) is 4.39 Å². The lowest BCUT2D eigenvalue weighted by atomic mass is 9.78. The van der Waals surface area contributed by atoms with Gasteiger partial charge < -0.3 is 4.74 Å². The summed E-state index contributed by atoms with van der Waals surface area (Å²) in [6.45, 7) is 4.45. The van der Waals surface area contributed by atoms with Gasteiger partial charge >= 0.3 is 0 Å². The smallest absolute Gasteiger partial charge is 0.126 e. The van der Waals surface area contributed by atoms with Crippen molar-refractivity contribution in [3.05, 3.63) is 30.1 Å². The maximum Gasteiger partial charge on any atom is 0.126 e. The van der Waals surface area contributed by atoms with Gasteiger partial charge in [0, 0.05) is 6.07 Å². The summed E-state index contributed by atoms with van der Waals surface area (Å²) in [7, 11) is 0. The van der Waals surface area contributed by atoms with Crippen molar-refractivity contribution in [2.45, 2.75) is 58.5 Å². The molecule has 1 fully saturated rings. The molecule has 1 unspecified atom stereocenters. The SMILES string of the molecule is CCC(Oc1cccc(F)c1)[C@H]1CC[C@H](CC)CC1. The molecule has 1 aliphatic carbocycles. The van der Waals surface area contributed by atoms with E-state index in [1.807, 2.05) is 6.07 Å². The van der Waals surface area contributed by atoms with Crippen molar-refractivity contribution < 1.29 is 9.13 Å². The quantitative estimate of drug-likeness (QED) is 0.710. The molecule has 0 saturated heterocycles. The maximum absolute atomic E-state index is 13.2. The number of rotatable bonds is 5. The van der Waals surface area contributed by atoms with Crippen LogP contribution in [0.3, 0.4) is 0 Å². The Balaban J connectivity index is 1.93. The van der Waals surface area contributed by atoms with E-state index < -0.39 is 0 Å². The van der Waals surface area contributed by atoms with Gasteiger partial charge in [0.05, 0.1) is 0 Å². The second-order valence-electron chi connectivity index (χ2n) is 5.71. The average molecular weight is 264 g/mol. The average Bonchev–Trinajstić information content (AvgIpc) is 2.45. The molecular weight excluding hydrogens is 239 g/mol. The topological polar surface area (TPSA) is 9.23 Å². The van der Waals surface area contributed by atoms with E-state index >= 15 is 0 Å². The fourth-order valence-electron chi connectivity index (χ4n) is 3.20. The van der Waals surface area contributed by atoms with E-state index in [1.165, 1.54) is 44.2 Å². The van der Waals surface area contributed by atoms with Crippen LogP contribution >= 0.6 is 0 Å². The highest BCUT2D eigenvalue weighted by atomic mass is 19.1. The highest BCUT2D eigenvalue weighted by Crippen LogP contribution is 2.34. The summed E-state index contributed by atoms with van der Waals surface area (Å²) in [4.78, 5) is 0. The molecule has 2 rings (SSSR count). The normalized spacial score (nSPS) is 25.0. The molecule has 0 N–H and O–H groups in total. The standard InChI is InChI=1S/C17H25FO/c1-3-13-8-10-14(11-9-13)17(4-2)19-16-7-5-6-15(18)12-16/h5-7,12-14,17H,3-4,8-11H2,1-2H3/t13-,14-,17?. The van der Waals surface area contributed by atoms with Crippen molar-refractivity contribution >= 4 is 0 Å². The van der Waals surface area contributed by atoms with Crippen LogP contribution in [0.15, 0.2) is 24.3 Å². The van der Waals surface area contributed by atoms with Crippen LogP contribution in [0.1, 0.15) is 52.4 Å². The zero-order valence-corrected chi connectivity index (χ0v) is 12.1. The summed E-state index contributed by atoms with van der Waals surface area (Å²) in [5.74, 6) is 1.99. The third-order valence-corrected chi connectivity index (χ3v) is 4.48. The predicted octanol–water partition coefficient (Wildman–Crippen LogP) is 5.20. The molecule has 19 heavy (non-hydrogen) atoms. The first-order valence-corrected chi connectivity index (χ1v) is 7.65. The molecule has 1 nitrogen and oxygen atoms in total. The van der Waals surface area contributed by atoms with E-state index in [-0.39, 0.29) is 11.9 Å². The first-order valence-electron chi connectivity index (χ1n) is 7.65. The van der Waals surface area contributed by atoms with Crippen molar-refractivity contribution in [2.24, 2.45) is 11.8 Å². The fraction of sp³-hybridized carbons (Fsp3) is 0.647. The van der Waals surface area contributed by atoms with Gasteiger partial charge in [0.25, 0.3) is 0 Å². The fourth-order valence-corrected chi connectivity index (χ4v) is 3.20. The minimum atomic E-state index is -0.220. The lowest BCUT2D eigenvalue weighted by Crippen LogP contribution is -2.30. The molecule has 0 amide bonds. The van der Waals surface area contributed by atoms with Crippen molar-refractivity contribution in [3.8, 4) is 5.75 Å². The van der Waals surface area contributed by atoms with E-state index in [0.717, 1.165) is 12.3 Å². The number of ether oxygens (including phenoxy) is 1. The van der Waals surface area contributed by atoms with E-state index in [0.29, 0.717) is 11.7 Å². The van der Waals surface area contributed by atoms with Gasteiger partial charge in [-0.3, -0.25) is 0 Å². The molecule has 0 spiro atoms. The monoisotopic (exact) mass is 264 g/mol. The lowest BCUT2D eigenvalue weighted by Gasteiger charge is -2.33. The molecule has 0 aliphatic heterocycles. The Morgan fingerprint density at radius 2 is 1.95 bits per heavy atom. The van der Waals surface area contributed by atoms with Gasteiger partial charge in [-0.1, -0.05) is 39.2 Å². The molecule has 0 radical (unpaired) electrons. The van der Waals surface area contributed by atoms with E-state index in [4.69, 9.17) is 4.74 Å². The van der Waals surface area contributed by atoms with E-state index in [2.05, 4.69) is 13.8 Å². The molecule has 0 bridgehead atoms. The number of hydrogen-bond donors (Lipinski definition) is 0. The molecule has 1 aromatic rings. The van der Waals surface area contributed by atoms with Crippen LogP contribution in [-0.2, 0) is 0 Å². The molecule has 1 atom stereocenters. The van der Waals surface area contributed by atoms with E-state index in [1.54, 1.807) is 6.07 Å². The number of hydrogen-bond acceptors (Lipinski definition) is 1. The third-order valence-electron chi connectivity index (χ3n) is 4.48. The second kappa shape index (κ2) is 6.93. The maximum atomic E-state index is 13.2. The Labute approximate surface area is 116 Å². The van der Waals surface area contributed by atoms with Crippen molar-refractivity contribution in [3.63, 3.8) is 0 Å². The first kappa shape index (κ1) is 14.4. The lowest BCUT2D eigenvalue weighted by molar-refractivity contribution is 0.0904. The molecule has 1 saturated carbocycles. The molecule has 1 aromatic carbocycles. The Hall–Kier alpha value is -1.05. The van der Waals surface area contributed by atoms with Gasteiger partial charge in [-0.25, -0.2) is 4.39 Å². The molecule has 2 heteroatoms. The van der Waals surface area contributed by atoms with Crippen LogP contribution in [0.25, 0.3) is 0 Å². The molecule has 0 aromatic heterocycles. The zero-order valence-electron chi connectivity index (χ0n) is 12.1. The van der Waals surface area contributed by atoms with Crippen molar-refractivity contribution in [1.82, 2.24) is 0 Å². The first-order chi connectivity index (χ1) is 9.22. The van der Waals surface area contributed by atoms with Crippen LogP contribution in [0.5, 0.6) is 5.75 Å². The van der Waals surface area contributed by atoms with Crippen molar-refractivity contribution in [2.75, 3.05) is 0 Å². The van der Waals surface area contributed by atoms with Gasteiger partial charge in [-0.15, -0.1) is 0 Å². The third kappa shape index (κ3) is 3.95. The second-order valence-corrected chi connectivity index (χ2v) is 5.71. The van der Waals surface area contributed by atoms with Crippen LogP contribution < -0.4 is 4.74 Å². The van der Waals surface area contributed by atoms with E-state index in [9.17, 15) is 4.39 Å². The summed E-state index contributed by atoms with van der Waals surface area (Å²) in [5.41, 5.74) is 0. The summed E-state index contributed by atoms with van der Waals surface area (Å²) in [6.07, 6.45) is 7.69. The number of halogens is 1. The van der Waals surface area contributed by atoms with Gasteiger partial charge in [0.1, 0.15) is 17.7 Å². The highest BCUT2D eigenvalue weighted by Gasteiger charge is 2.27. The molecule has 0 heterocycles. The van der Waals surface area contributed by atoms with Crippen LogP contribution in [0, 0.1) is 17.7 Å². The van der Waals surface area contributed by atoms with Gasteiger partial charge in [-0.05, 0) is 43.2 Å². The van der Waals surface area contributed by atoms with Crippen LogP contribution in [-0.4, -0.2) is 6.10 Å². The van der Waals surface area contributed by atoms with Crippen molar-refractivity contribution in [1.29, 1.82) is 0 Å². The Morgan fingerprint density at radius 3 is 2.53 bits per heavy atom. The summed E-state index contributed by atoms with van der Waals surface area (Å²) < 4.78 is 19.2. The number of benzene rings is 1. The molecule has 106 valence electrons. The van der Waals surface area contributed by atoms with Gasteiger partial charge in [-0.2, -0.15) is 0 Å². The minimum Gasteiger partial charge on any atom is -0.490 e. The summed E-state index contributed by atoms with van der Waals surface area (Å²) in [6, 6.07) is 6.51. The summed E-state index contributed by atoms with van der Waals surface area (Å²) >= 11 is 0. The predicted molar refractivity (Wildman–Crippen MR) is 76.8 cm³/mol. The Morgan fingerprint density at radius 1 is 1.21 bits per heavy atom. The molecular formula is C17H25FO. The Kier molecular flexibility index (Phi) is 5.24. The molecule has 1 aliphatic rings. The summed E-state index contributed by atoms with van der Waals surface area (Å²) in [5, 5.41) is 0. The Bertz CT molecular complexity index is 383. The van der Waals surface area contributed by atoms with Crippen LogP contribution in [0.2, 0.25) is 0 Å². The highest BCUT2D eigenvalue weighted by molar-refractivity contribution is 5.22. The largest absolute Gasteiger partial charge is 0.490 e. The minimum absolute atomic E-state index is 0.220.